The summed E-state index contributed by atoms with van der Waals surface area (Å²) >= 11 is 0. The van der Waals surface area contributed by atoms with Crippen LogP contribution in [0, 0.1) is 26.6 Å². The first-order valence-corrected chi connectivity index (χ1v) is 11.6. The molecule has 8 nitrogen and oxygen atoms in total. The van der Waals surface area contributed by atoms with E-state index in [0.717, 1.165) is 33.8 Å². The van der Waals surface area contributed by atoms with Crippen molar-refractivity contribution in [3.05, 3.63) is 88.1 Å². The molecule has 4 aromatic rings. The van der Waals surface area contributed by atoms with E-state index in [1.807, 2.05) is 45.0 Å². The van der Waals surface area contributed by atoms with Gasteiger partial charge in [0.2, 0.25) is 5.91 Å². The minimum Gasteiger partial charge on any atom is -0.493 e. The molecule has 1 aliphatic rings. The number of nitrogens with zero attached hydrogens (tertiary/aromatic N) is 4. The number of ether oxygens (including phenoxy) is 2. The van der Waals surface area contributed by atoms with Crippen LogP contribution in [0.3, 0.4) is 0 Å². The molecule has 2 aromatic carbocycles. The Morgan fingerprint density at radius 2 is 1.75 bits per heavy atom. The van der Waals surface area contributed by atoms with Crippen molar-refractivity contribution in [1.29, 1.82) is 0 Å². The minimum atomic E-state index is -0.292. The molecule has 0 fully saturated rings. The summed E-state index contributed by atoms with van der Waals surface area (Å²) in [6.07, 6.45) is 0.270. The Balaban J connectivity index is 1.48. The Hall–Kier alpha value is -4.27. The molecular formula is C27H26FN5O3. The van der Waals surface area contributed by atoms with Gasteiger partial charge in [-0.05, 0) is 62.2 Å². The van der Waals surface area contributed by atoms with E-state index in [4.69, 9.17) is 9.47 Å². The van der Waals surface area contributed by atoms with Gasteiger partial charge in [-0.3, -0.25) is 4.79 Å². The summed E-state index contributed by atoms with van der Waals surface area (Å²) in [6.45, 7) is 5.98. The van der Waals surface area contributed by atoms with Crippen molar-refractivity contribution < 1.29 is 18.7 Å². The second-order valence-electron chi connectivity index (χ2n) is 8.84. The van der Waals surface area contributed by atoms with E-state index >= 15 is 0 Å². The van der Waals surface area contributed by atoms with Crippen molar-refractivity contribution in [3.63, 3.8) is 0 Å². The zero-order valence-electron chi connectivity index (χ0n) is 20.5. The van der Waals surface area contributed by atoms with Crippen molar-refractivity contribution in [2.45, 2.75) is 39.7 Å². The number of fused-ring (bicyclic) bond motifs is 1. The van der Waals surface area contributed by atoms with Crippen LogP contribution in [0.1, 0.15) is 46.1 Å². The van der Waals surface area contributed by atoms with Gasteiger partial charge in [0.15, 0.2) is 11.5 Å². The first kappa shape index (κ1) is 23.5. The number of aryl methyl sites for hydroxylation is 3. The van der Waals surface area contributed by atoms with Crippen LogP contribution in [0.5, 0.6) is 11.5 Å². The third kappa shape index (κ3) is 4.51. The summed E-state index contributed by atoms with van der Waals surface area (Å²) in [4.78, 5) is 21.8. The van der Waals surface area contributed by atoms with Gasteiger partial charge in [0.25, 0.3) is 5.95 Å². The first-order valence-electron chi connectivity index (χ1n) is 11.6. The SMILES string of the molecule is COc1cc(C2CC(=O)Nc3c2c(C)nn3-c2nc(C)cc(C)n2)ccc1OCc1ccc(F)cc1. The largest absolute Gasteiger partial charge is 0.493 e. The van der Waals surface area contributed by atoms with E-state index in [0.29, 0.717) is 23.3 Å². The van der Waals surface area contributed by atoms with Crippen molar-refractivity contribution >= 4 is 11.7 Å². The fourth-order valence-corrected chi connectivity index (χ4v) is 4.54. The summed E-state index contributed by atoms with van der Waals surface area (Å²) in [6, 6.07) is 13.7. The van der Waals surface area contributed by atoms with Crippen LogP contribution in [0.25, 0.3) is 5.95 Å². The zero-order chi connectivity index (χ0) is 25.4. The minimum absolute atomic E-state index is 0.117. The molecular weight excluding hydrogens is 461 g/mol. The molecule has 1 atom stereocenters. The molecule has 3 heterocycles. The molecule has 0 saturated heterocycles. The molecule has 36 heavy (non-hydrogen) atoms. The van der Waals surface area contributed by atoms with Crippen LogP contribution in [0.15, 0.2) is 48.5 Å². The average molecular weight is 488 g/mol. The van der Waals surface area contributed by atoms with Crippen molar-refractivity contribution in [1.82, 2.24) is 19.7 Å². The van der Waals surface area contributed by atoms with Gasteiger partial charge < -0.3 is 14.8 Å². The molecule has 1 aliphatic heterocycles. The predicted octanol–water partition coefficient (Wildman–Crippen LogP) is 4.79. The molecule has 0 radical (unpaired) electrons. The zero-order valence-corrected chi connectivity index (χ0v) is 20.5. The molecule has 2 aromatic heterocycles. The Morgan fingerprint density at radius 3 is 2.44 bits per heavy atom. The lowest BCUT2D eigenvalue weighted by atomic mass is 9.85. The summed E-state index contributed by atoms with van der Waals surface area (Å²) in [5, 5.41) is 7.65. The number of hydrogen-bond donors (Lipinski definition) is 1. The average Bonchev–Trinajstić information content (AvgIpc) is 3.18. The second-order valence-corrected chi connectivity index (χ2v) is 8.84. The third-order valence-electron chi connectivity index (χ3n) is 6.16. The fourth-order valence-electron chi connectivity index (χ4n) is 4.54. The van der Waals surface area contributed by atoms with Crippen molar-refractivity contribution in [3.8, 4) is 17.4 Å². The normalized spacial score (nSPS) is 14.8. The van der Waals surface area contributed by atoms with Crippen LogP contribution in [0.4, 0.5) is 10.2 Å². The number of aromatic nitrogens is 4. The smallest absolute Gasteiger partial charge is 0.252 e. The van der Waals surface area contributed by atoms with E-state index in [-0.39, 0.29) is 30.7 Å². The van der Waals surface area contributed by atoms with E-state index in [1.165, 1.54) is 12.1 Å². The van der Waals surface area contributed by atoms with E-state index in [1.54, 1.807) is 23.9 Å². The van der Waals surface area contributed by atoms with Gasteiger partial charge in [0.05, 0.1) is 12.8 Å². The van der Waals surface area contributed by atoms with Gasteiger partial charge >= 0.3 is 0 Å². The molecule has 9 heteroatoms. The summed E-state index contributed by atoms with van der Waals surface area (Å²) in [7, 11) is 1.57. The maximum atomic E-state index is 13.2. The molecule has 184 valence electrons. The topological polar surface area (TPSA) is 91.2 Å². The molecule has 0 spiro atoms. The van der Waals surface area contributed by atoms with Gasteiger partial charge in [0.1, 0.15) is 18.2 Å². The number of methoxy groups -OCH3 is 1. The quantitative estimate of drug-likeness (QED) is 0.421. The monoisotopic (exact) mass is 487 g/mol. The summed E-state index contributed by atoms with van der Waals surface area (Å²) in [5.74, 6) is 1.46. The highest BCUT2D eigenvalue weighted by Gasteiger charge is 2.33. The van der Waals surface area contributed by atoms with Crippen LogP contribution in [0.2, 0.25) is 0 Å². The lowest BCUT2D eigenvalue weighted by Crippen LogP contribution is -2.25. The Labute approximate surface area is 208 Å². The van der Waals surface area contributed by atoms with Crippen LogP contribution in [-0.4, -0.2) is 32.8 Å². The predicted molar refractivity (Wildman–Crippen MR) is 132 cm³/mol. The number of benzene rings is 2. The standard InChI is InChI=1S/C27H26FN5O3/c1-15-11-16(2)30-27(29-15)33-26-25(17(3)32-33)21(13-24(34)31-26)19-7-10-22(23(12-19)35-4)36-14-18-5-8-20(28)9-6-18/h5-12,21H,13-14H2,1-4H3,(H,31,34). The number of carbonyl (C=O) groups is 1. The van der Waals surface area contributed by atoms with E-state index in [9.17, 15) is 9.18 Å². The van der Waals surface area contributed by atoms with Gasteiger partial charge in [0, 0.05) is 29.3 Å². The summed E-state index contributed by atoms with van der Waals surface area (Å²) < 4.78 is 26.3. The van der Waals surface area contributed by atoms with E-state index in [2.05, 4.69) is 20.4 Å². The lowest BCUT2D eigenvalue weighted by Gasteiger charge is -2.25. The molecule has 0 aliphatic carbocycles. The highest BCUT2D eigenvalue weighted by atomic mass is 19.1. The third-order valence-corrected chi connectivity index (χ3v) is 6.16. The Morgan fingerprint density at radius 1 is 1.03 bits per heavy atom. The van der Waals surface area contributed by atoms with Gasteiger partial charge in [-0.1, -0.05) is 18.2 Å². The fraction of sp³-hybridized carbons (Fsp3) is 0.259. The number of amides is 1. The lowest BCUT2D eigenvalue weighted by molar-refractivity contribution is -0.116. The van der Waals surface area contributed by atoms with Crippen molar-refractivity contribution in [2.75, 3.05) is 12.4 Å². The maximum Gasteiger partial charge on any atom is 0.252 e. The van der Waals surface area contributed by atoms with Crippen LogP contribution < -0.4 is 14.8 Å². The van der Waals surface area contributed by atoms with Gasteiger partial charge in [-0.25, -0.2) is 14.4 Å². The highest BCUT2D eigenvalue weighted by Crippen LogP contribution is 2.42. The number of rotatable bonds is 6. The molecule has 1 amide bonds. The molecule has 5 rings (SSSR count). The number of nitrogens with one attached hydrogen (secondary N) is 1. The molecule has 1 N–H and O–H groups in total. The van der Waals surface area contributed by atoms with E-state index < -0.39 is 0 Å². The number of anilines is 1. The maximum absolute atomic E-state index is 13.2. The molecule has 0 bridgehead atoms. The van der Waals surface area contributed by atoms with Crippen LogP contribution in [-0.2, 0) is 11.4 Å². The summed E-state index contributed by atoms with van der Waals surface area (Å²) in [5.41, 5.74) is 5.08. The van der Waals surface area contributed by atoms with Gasteiger partial charge in [-0.15, -0.1) is 0 Å². The number of halogens is 1. The first-order chi connectivity index (χ1) is 17.3. The Kier molecular flexibility index (Phi) is 6.13. The highest BCUT2D eigenvalue weighted by molar-refractivity contribution is 5.95. The van der Waals surface area contributed by atoms with Gasteiger partial charge in [-0.2, -0.15) is 9.78 Å². The number of carbonyl (C=O) groups excluding carboxylic acids is 1. The molecule has 1 unspecified atom stereocenters. The number of hydrogen-bond acceptors (Lipinski definition) is 6. The second kappa shape index (κ2) is 9.41. The van der Waals surface area contributed by atoms with Crippen molar-refractivity contribution in [2.24, 2.45) is 0 Å². The molecule has 0 saturated carbocycles. The Bertz CT molecular complexity index is 1430. The van der Waals surface area contributed by atoms with Crippen LogP contribution >= 0.6 is 0 Å².